The molecule has 0 aliphatic heterocycles. The molecule has 0 atom stereocenters. The number of hydrogen-bond acceptors (Lipinski definition) is 5. The van der Waals surface area contributed by atoms with Crippen LogP contribution in [-0.4, -0.2) is 28.7 Å². The van der Waals surface area contributed by atoms with Gasteiger partial charge in [-0.1, -0.05) is 37.5 Å². The summed E-state index contributed by atoms with van der Waals surface area (Å²) in [5, 5.41) is 15.8. The lowest BCUT2D eigenvalue weighted by atomic mass is 9.79. The topological polar surface area (TPSA) is 66.9 Å². The van der Waals surface area contributed by atoms with Gasteiger partial charge in [-0.05, 0) is 26.3 Å². The molecule has 0 saturated heterocycles. The number of aromatic nitrogens is 2. The number of carbonyl (C=O) groups excluding carboxylic acids is 1. The third kappa shape index (κ3) is 3.73. The molecule has 2 N–H and O–H groups in total. The molecule has 1 aromatic heterocycles. The summed E-state index contributed by atoms with van der Waals surface area (Å²) in [4.78, 5) is 12.1. The van der Waals surface area contributed by atoms with Gasteiger partial charge in [0.05, 0.1) is 0 Å². The Morgan fingerprint density at radius 3 is 2.63 bits per heavy atom. The number of anilines is 1. The zero-order valence-corrected chi connectivity index (χ0v) is 12.5. The van der Waals surface area contributed by atoms with Crippen molar-refractivity contribution in [3.05, 3.63) is 5.01 Å². The van der Waals surface area contributed by atoms with Gasteiger partial charge in [-0.2, -0.15) is 0 Å². The van der Waals surface area contributed by atoms with E-state index < -0.39 is 0 Å². The summed E-state index contributed by atoms with van der Waals surface area (Å²) in [6, 6.07) is 0. The van der Waals surface area contributed by atoms with E-state index in [-0.39, 0.29) is 11.4 Å². The van der Waals surface area contributed by atoms with Gasteiger partial charge in [0.2, 0.25) is 11.0 Å². The molecule has 1 aliphatic rings. The molecule has 0 unspecified atom stereocenters. The Balaban J connectivity index is 1.92. The second-order valence-electron chi connectivity index (χ2n) is 5.17. The van der Waals surface area contributed by atoms with E-state index in [0.717, 1.165) is 24.3 Å². The minimum Gasteiger partial charge on any atom is -0.314 e. The van der Waals surface area contributed by atoms with Crippen molar-refractivity contribution in [3.8, 4) is 0 Å². The van der Waals surface area contributed by atoms with Gasteiger partial charge in [0.15, 0.2) is 0 Å². The van der Waals surface area contributed by atoms with Crippen molar-refractivity contribution in [1.82, 2.24) is 15.5 Å². The fourth-order valence-corrected chi connectivity index (χ4v) is 3.36. The van der Waals surface area contributed by atoms with Crippen LogP contribution in [0.25, 0.3) is 0 Å². The molecule has 1 fully saturated rings. The molecule has 5 nitrogen and oxygen atoms in total. The van der Waals surface area contributed by atoms with E-state index in [1.165, 1.54) is 30.6 Å². The minimum atomic E-state index is -0.0272. The van der Waals surface area contributed by atoms with Crippen LogP contribution in [0, 0.1) is 0 Å². The normalized spacial score (nSPS) is 18.2. The number of nitrogens with one attached hydrogen (secondary N) is 2. The van der Waals surface area contributed by atoms with Crippen LogP contribution in [-0.2, 0) is 11.2 Å². The van der Waals surface area contributed by atoms with E-state index in [1.807, 2.05) is 14.0 Å². The largest absolute Gasteiger partial charge is 0.314 e. The van der Waals surface area contributed by atoms with Crippen molar-refractivity contribution >= 4 is 22.4 Å². The molecule has 1 aromatic rings. The molecule has 2 rings (SSSR count). The number of nitrogens with zero attached hydrogens (tertiary/aromatic N) is 2. The first-order valence-electron chi connectivity index (χ1n) is 6.98. The maximum atomic E-state index is 12.1. The van der Waals surface area contributed by atoms with Gasteiger partial charge in [0, 0.05) is 12.0 Å². The smallest absolute Gasteiger partial charge is 0.228 e. The van der Waals surface area contributed by atoms with Crippen molar-refractivity contribution in [1.29, 1.82) is 0 Å². The van der Waals surface area contributed by atoms with Gasteiger partial charge >= 0.3 is 0 Å². The Bertz CT molecular complexity index is 426. The zero-order chi connectivity index (χ0) is 13.7. The van der Waals surface area contributed by atoms with Crippen molar-refractivity contribution in [2.24, 2.45) is 0 Å². The molecule has 1 amide bonds. The molecule has 0 spiro atoms. The van der Waals surface area contributed by atoms with Crippen molar-refractivity contribution < 1.29 is 4.79 Å². The van der Waals surface area contributed by atoms with Crippen molar-refractivity contribution in [2.45, 2.75) is 57.4 Å². The van der Waals surface area contributed by atoms with Crippen LogP contribution < -0.4 is 10.6 Å². The van der Waals surface area contributed by atoms with Gasteiger partial charge in [-0.15, -0.1) is 10.2 Å². The summed E-state index contributed by atoms with van der Waals surface area (Å²) in [5.74, 6) is 0.0371. The highest BCUT2D eigenvalue weighted by Crippen LogP contribution is 2.31. The quantitative estimate of drug-likeness (QED) is 0.870. The van der Waals surface area contributed by atoms with E-state index in [1.54, 1.807) is 0 Å². The van der Waals surface area contributed by atoms with Crippen LogP contribution in [0.1, 0.15) is 50.5 Å². The van der Waals surface area contributed by atoms with E-state index in [4.69, 9.17) is 0 Å². The van der Waals surface area contributed by atoms with Gasteiger partial charge < -0.3 is 10.6 Å². The Labute approximate surface area is 118 Å². The molecule has 0 aromatic carbocycles. The Morgan fingerprint density at radius 1 is 1.32 bits per heavy atom. The molecule has 0 radical (unpaired) electrons. The van der Waals surface area contributed by atoms with Crippen LogP contribution in [0.5, 0.6) is 0 Å². The molecule has 0 bridgehead atoms. The number of rotatable bonds is 5. The van der Waals surface area contributed by atoms with E-state index in [9.17, 15) is 4.79 Å². The highest BCUT2D eigenvalue weighted by molar-refractivity contribution is 7.15. The maximum absolute atomic E-state index is 12.1. The molecule has 1 aliphatic carbocycles. The molecule has 1 heterocycles. The lowest BCUT2D eigenvalue weighted by Crippen LogP contribution is -2.47. The zero-order valence-electron chi connectivity index (χ0n) is 11.7. The Kier molecular flexibility index (Phi) is 4.87. The highest BCUT2D eigenvalue weighted by atomic mass is 32.1. The standard InChI is InChI=1S/C13H22N4OS/c1-3-11-16-17-12(19-11)15-10(18)9-13(14-2)7-5-4-6-8-13/h14H,3-9H2,1-2H3,(H,15,17,18). The van der Waals surface area contributed by atoms with E-state index in [0.29, 0.717) is 11.6 Å². The highest BCUT2D eigenvalue weighted by Gasteiger charge is 2.32. The number of amides is 1. The van der Waals surface area contributed by atoms with Gasteiger partial charge in [-0.3, -0.25) is 4.79 Å². The second-order valence-corrected chi connectivity index (χ2v) is 6.23. The fourth-order valence-electron chi connectivity index (χ4n) is 2.66. The van der Waals surface area contributed by atoms with Crippen molar-refractivity contribution in [3.63, 3.8) is 0 Å². The van der Waals surface area contributed by atoms with E-state index >= 15 is 0 Å². The molecular formula is C13H22N4OS. The first-order chi connectivity index (χ1) is 9.17. The first kappa shape index (κ1) is 14.4. The Hall–Kier alpha value is -1.01. The molecular weight excluding hydrogens is 260 g/mol. The summed E-state index contributed by atoms with van der Waals surface area (Å²) in [7, 11) is 1.96. The third-order valence-electron chi connectivity index (χ3n) is 3.86. The van der Waals surface area contributed by atoms with Crippen LogP contribution in [0.3, 0.4) is 0 Å². The average Bonchev–Trinajstić information content (AvgIpc) is 2.87. The van der Waals surface area contributed by atoms with Crippen molar-refractivity contribution in [2.75, 3.05) is 12.4 Å². The number of aryl methyl sites for hydroxylation is 1. The van der Waals surface area contributed by atoms with Gasteiger partial charge in [0.25, 0.3) is 0 Å². The number of carbonyl (C=O) groups is 1. The van der Waals surface area contributed by atoms with Gasteiger partial charge in [0.1, 0.15) is 5.01 Å². The van der Waals surface area contributed by atoms with Crippen LogP contribution in [0.15, 0.2) is 0 Å². The molecule has 1 saturated carbocycles. The molecule has 6 heteroatoms. The molecule has 106 valence electrons. The van der Waals surface area contributed by atoms with Crippen LogP contribution in [0.2, 0.25) is 0 Å². The predicted octanol–water partition coefficient (Wildman–Crippen LogP) is 2.35. The fraction of sp³-hybridized carbons (Fsp3) is 0.769. The predicted molar refractivity (Wildman–Crippen MR) is 77.4 cm³/mol. The van der Waals surface area contributed by atoms with E-state index in [2.05, 4.69) is 20.8 Å². The third-order valence-corrected chi connectivity index (χ3v) is 4.84. The lowest BCUT2D eigenvalue weighted by molar-refractivity contribution is -0.117. The SMILES string of the molecule is CCc1nnc(NC(=O)CC2(NC)CCCCC2)s1. The lowest BCUT2D eigenvalue weighted by Gasteiger charge is -2.36. The van der Waals surface area contributed by atoms with Crippen LogP contribution >= 0.6 is 11.3 Å². The Morgan fingerprint density at radius 2 is 2.05 bits per heavy atom. The first-order valence-corrected chi connectivity index (χ1v) is 7.80. The van der Waals surface area contributed by atoms with Gasteiger partial charge in [-0.25, -0.2) is 0 Å². The monoisotopic (exact) mass is 282 g/mol. The van der Waals surface area contributed by atoms with Crippen LogP contribution in [0.4, 0.5) is 5.13 Å². The summed E-state index contributed by atoms with van der Waals surface area (Å²) in [6.45, 7) is 2.03. The summed E-state index contributed by atoms with van der Waals surface area (Å²) >= 11 is 1.46. The second kappa shape index (κ2) is 6.43. The minimum absolute atomic E-state index is 0.0272. The molecule has 19 heavy (non-hydrogen) atoms. The summed E-state index contributed by atoms with van der Waals surface area (Å²) < 4.78 is 0. The average molecular weight is 282 g/mol. The maximum Gasteiger partial charge on any atom is 0.228 e. The summed E-state index contributed by atoms with van der Waals surface area (Å²) in [6.07, 6.45) is 7.21. The number of hydrogen-bond donors (Lipinski definition) is 2. The summed E-state index contributed by atoms with van der Waals surface area (Å²) in [5.41, 5.74) is -0.0272.